The lowest BCUT2D eigenvalue weighted by molar-refractivity contribution is -0.137. The van der Waals surface area contributed by atoms with E-state index < -0.39 is 0 Å². The molecule has 2 aromatic rings. The first-order valence-corrected chi connectivity index (χ1v) is 11.3. The van der Waals surface area contributed by atoms with Gasteiger partial charge in [-0.05, 0) is 24.5 Å². The fourth-order valence-electron chi connectivity index (χ4n) is 4.31. The average molecular weight is 434 g/mol. The standard InChI is InChI=1S/C26H31N3O3/c1-20-9-11-22(12-10-20)23-24(27(2)19-21-7-4-3-5-8-21)26(31)29(25(23)30)14-6-13-28-15-17-32-18-16-28/h3-5,7-12H,6,13-19H2,1-2H3. The molecule has 6 nitrogen and oxygen atoms in total. The Kier molecular flexibility index (Phi) is 7.02. The normalized spacial score (nSPS) is 17.4. The van der Waals surface area contributed by atoms with E-state index in [1.54, 1.807) is 0 Å². The van der Waals surface area contributed by atoms with Crippen molar-refractivity contribution in [3.63, 3.8) is 0 Å². The van der Waals surface area contributed by atoms with Gasteiger partial charge in [0.15, 0.2) is 0 Å². The van der Waals surface area contributed by atoms with E-state index in [-0.39, 0.29) is 11.8 Å². The Morgan fingerprint density at radius 3 is 2.28 bits per heavy atom. The Morgan fingerprint density at radius 2 is 1.59 bits per heavy atom. The molecule has 4 rings (SSSR count). The molecule has 1 fully saturated rings. The van der Waals surface area contributed by atoms with Crippen LogP contribution in [-0.2, 0) is 20.9 Å². The molecule has 2 amide bonds. The van der Waals surface area contributed by atoms with Gasteiger partial charge in [0, 0.05) is 39.8 Å². The highest BCUT2D eigenvalue weighted by atomic mass is 16.5. The van der Waals surface area contributed by atoms with Crippen LogP contribution in [0.3, 0.4) is 0 Å². The molecule has 0 saturated carbocycles. The Bertz CT molecular complexity index is 979. The molecule has 168 valence electrons. The van der Waals surface area contributed by atoms with Crippen molar-refractivity contribution in [1.29, 1.82) is 0 Å². The maximum atomic E-state index is 13.5. The Morgan fingerprint density at radius 1 is 0.906 bits per heavy atom. The molecular weight excluding hydrogens is 402 g/mol. The number of carbonyl (C=O) groups excluding carboxylic acids is 2. The minimum absolute atomic E-state index is 0.198. The van der Waals surface area contributed by atoms with Crippen molar-refractivity contribution in [1.82, 2.24) is 14.7 Å². The summed E-state index contributed by atoms with van der Waals surface area (Å²) in [6, 6.07) is 17.8. The maximum absolute atomic E-state index is 13.5. The molecule has 0 N–H and O–H groups in total. The highest BCUT2D eigenvalue weighted by Crippen LogP contribution is 2.32. The topological polar surface area (TPSA) is 53.1 Å². The summed E-state index contributed by atoms with van der Waals surface area (Å²) in [6.07, 6.45) is 0.758. The number of likely N-dealkylation sites (N-methyl/N-ethyl adjacent to an activating group) is 1. The Hall–Kier alpha value is -2.96. The summed E-state index contributed by atoms with van der Waals surface area (Å²) in [4.78, 5) is 32.5. The van der Waals surface area contributed by atoms with Crippen LogP contribution >= 0.6 is 0 Å². The van der Waals surface area contributed by atoms with E-state index in [0.717, 1.165) is 56.0 Å². The molecule has 32 heavy (non-hydrogen) atoms. The Balaban J connectivity index is 1.55. The van der Waals surface area contributed by atoms with Crippen molar-refractivity contribution in [3.8, 4) is 0 Å². The van der Waals surface area contributed by atoms with Crippen LogP contribution in [0, 0.1) is 6.92 Å². The molecule has 2 heterocycles. The third-order valence-electron chi connectivity index (χ3n) is 6.09. The smallest absolute Gasteiger partial charge is 0.277 e. The van der Waals surface area contributed by atoms with E-state index in [2.05, 4.69) is 4.90 Å². The first-order valence-electron chi connectivity index (χ1n) is 11.3. The average Bonchev–Trinajstić information content (AvgIpc) is 3.06. The summed E-state index contributed by atoms with van der Waals surface area (Å²) in [6.45, 7) is 7.15. The van der Waals surface area contributed by atoms with Crippen molar-refractivity contribution < 1.29 is 14.3 Å². The fraction of sp³-hybridized carbons (Fsp3) is 0.385. The number of aryl methyl sites for hydroxylation is 1. The van der Waals surface area contributed by atoms with Crippen LogP contribution in [0.25, 0.3) is 5.57 Å². The van der Waals surface area contributed by atoms with Gasteiger partial charge in [0.05, 0.1) is 18.8 Å². The van der Waals surface area contributed by atoms with Gasteiger partial charge in [-0.3, -0.25) is 19.4 Å². The third kappa shape index (κ3) is 4.92. The molecule has 2 aromatic carbocycles. The van der Waals surface area contributed by atoms with Crippen LogP contribution in [0.1, 0.15) is 23.1 Å². The number of morpholine rings is 1. The van der Waals surface area contributed by atoms with Gasteiger partial charge in [0.1, 0.15) is 5.70 Å². The van der Waals surface area contributed by atoms with E-state index in [1.807, 2.05) is 73.5 Å². The van der Waals surface area contributed by atoms with Crippen molar-refractivity contribution in [3.05, 3.63) is 77.0 Å². The predicted molar refractivity (Wildman–Crippen MR) is 125 cm³/mol. The van der Waals surface area contributed by atoms with E-state index in [4.69, 9.17) is 4.74 Å². The first-order chi connectivity index (χ1) is 15.5. The van der Waals surface area contributed by atoms with Crippen LogP contribution < -0.4 is 0 Å². The lowest BCUT2D eigenvalue weighted by atomic mass is 10.0. The number of imide groups is 1. The highest BCUT2D eigenvalue weighted by Gasteiger charge is 2.40. The van der Waals surface area contributed by atoms with Crippen molar-refractivity contribution in [2.45, 2.75) is 19.9 Å². The van der Waals surface area contributed by atoms with Gasteiger partial charge in [-0.2, -0.15) is 0 Å². The minimum Gasteiger partial charge on any atom is -0.379 e. The van der Waals surface area contributed by atoms with Gasteiger partial charge < -0.3 is 9.64 Å². The van der Waals surface area contributed by atoms with Gasteiger partial charge in [-0.15, -0.1) is 0 Å². The Labute approximate surface area is 190 Å². The lowest BCUT2D eigenvalue weighted by Crippen LogP contribution is -2.39. The van der Waals surface area contributed by atoms with E-state index in [0.29, 0.717) is 24.4 Å². The molecule has 0 spiro atoms. The van der Waals surface area contributed by atoms with Crippen LogP contribution in [0.5, 0.6) is 0 Å². The molecule has 0 bridgehead atoms. The minimum atomic E-state index is -0.203. The van der Waals surface area contributed by atoms with Gasteiger partial charge in [0.25, 0.3) is 11.8 Å². The molecule has 6 heteroatoms. The molecule has 2 aliphatic heterocycles. The molecule has 0 aliphatic carbocycles. The number of hydrogen-bond acceptors (Lipinski definition) is 5. The van der Waals surface area contributed by atoms with Crippen molar-refractivity contribution in [2.24, 2.45) is 0 Å². The lowest BCUT2D eigenvalue weighted by Gasteiger charge is -2.27. The van der Waals surface area contributed by atoms with E-state index in [9.17, 15) is 9.59 Å². The summed E-state index contributed by atoms with van der Waals surface area (Å²) in [5, 5.41) is 0. The second-order valence-corrected chi connectivity index (χ2v) is 8.50. The molecular formula is C26H31N3O3. The molecule has 0 atom stereocenters. The monoisotopic (exact) mass is 433 g/mol. The summed E-state index contributed by atoms with van der Waals surface area (Å²) < 4.78 is 5.40. The molecule has 0 unspecified atom stereocenters. The van der Waals surface area contributed by atoms with Gasteiger partial charge >= 0.3 is 0 Å². The maximum Gasteiger partial charge on any atom is 0.277 e. The number of benzene rings is 2. The summed E-state index contributed by atoms with van der Waals surface area (Å²) in [5.41, 5.74) is 3.98. The van der Waals surface area contributed by atoms with Gasteiger partial charge in [-0.25, -0.2) is 0 Å². The van der Waals surface area contributed by atoms with Crippen LogP contribution in [0.2, 0.25) is 0 Å². The molecule has 0 radical (unpaired) electrons. The largest absolute Gasteiger partial charge is 0.379 e. The highest BCUT2D eigenvalue weighted by molar-refractivity contribution is 6.35. The van der Waals surface area contributed by atoms with Gasteiger partial charge in [-0.1, -0.05) is 60.2 Å². The van der Waals surface area contributed by atoms with E-state index >= 15 is 0 Å². The predicted octanol–water partition coefficient (Wildman–Crippen LogP) is 2.93. The SMILES string of the molecule is Cc1ccc(C2=C(N(C)Cc3ccccc3)C(=O)N(CCCN3CCOCC3)C2=O)cc1. The van der Waals surface area contributed by atoms with Crippen LogP contribution in [-0.4, -0.2) is 73.0 Å². The molecule has 1 saturated heterocycles. The second-order valence-electron chi connectivity index (χ2n) is 8.50. The molecule has 0 aromatic heterocycles. The quantitative estimate of drug-likeness (QED) is 0.599. The number of hydrogen-bond donors (Lipinski definition) is 0. The van der Waals surface area contributed by atoms with Crippen LogP contribution in [0.4, 0.5) is 0 Å². The van der Waals surface area contributed by atoms with E-state index in [1.165, 1.54) is 4.90 Å². The van der Waals surface area contributed by atoms with Crippen molar-refractivity contribution in [2.75, 3.05) is 46.4 Å². The number of rotatable bonds is 8. The molecule has 2 aliphatic rings. The third-order valence-corrected chi connectivity index (χ3v) is 6.09. The summed E-state index contributed by atoms with van der Waals surface area (Å²) in [7, 11) is 1.89. The second kappa shape index (κ2) is 10.1. The number of amides is 2. The van der Waals surface area contributed by atoms with Crippen LogP contribution in [0.15, 0.2) is 60.3 Å². The summed E-state index contributed by atoms with van der Waals surface area (Å²) >= 11 is 0. The summed E-state index contributed by atoms with van der Waals surface area (Å²) in [5.74, 6) is -0.401. The van der Waals surface area contributed by atoms with Crippen molar-refractivity contribution >= 4 is 17.4 Å². The zero-order valence-electron chi connectivity index (χ0n) is 18.9. The number of nitrogens with zero attached hydrogens (tertiary/aromatic N) is 3. The number of ether oxygens (including phenoxy) is 1. The zero-order valence-corrected chi connectivity index (χ0v) is 18.9. The number of carbonyl (C=O) groups is 2. The van der Waals surface area contributed by atoms with Gasteiger partial charge in [0.2, 0.25) is 0 Å². The fourth-order valence-corrected chi connectivity index (χ4v) is 4.31. The first kappa shape index (κ1) is 22.2. The zero-order chi connectivity index (χ0) is 22.5.